The minimum Gasteiger partial charge on any atom is -0.352 e. The summed E-state index contributed by atoms with van der Waals surface area (Å²) in [6.45, 7) is 8.00. The van der Waals surface area contributed by atoms with E-state index in [9.17, 15) is 14.4 Å². The summed E-state index contributed by atoms with van der Waals surface area (Å²) in [6, 6.07) is 7.65. The molecular formula is C21H25N3O3S. The van der Waals surface area contributed by atoms with Gasteiger partial charge in [-0.1, -0.05) is 25.1 Å². The average Bonchev–Trinajstić information content (AvgIpc) is 3.15. The molecule has 1 atom stereocenters. The van der Waals surface area contributed by atoms with E-state index in [1.54, 1.807) is 11.4 Å². The summed E-state index contributed by atoms with van der Waals surface area (Å²) >= 11 is 1.29. The van der Waals surface area contributed by atoms with E-state index in [1.165, 1.54) is 20.5 Å². The number of fused-ring (bicyclic) bond motifs is 1. The van der Waals surface area contributed by atoms with E-state index in [4.69, 9.17) is 0 Å². The highest BCUT2D eigenvalue weighted by atomic mass is 32.1. The zero-order chi connectivity index (χ0) is 20.4. The van der Waals surface area contributed by atoms with Crippen LogP contribution in [-0.2, 0) is 17.9 Å². The summed E-state index contributed by atoms with van der Waals surface area (Å²) in [4.78, 5) is 38.4. The predicted octanol–water partition coefficient (Wildman–Crippen LogP) is 2.80. The number of thiophene rings is 1. The Morgan fingerprint density at radius 1 is 1.14 bits per heavy atom. The lowest BCUT2D eigenvalue weighted by Crippen LogP contribution is -2.43. The standard InChI is InChI=1S/C21H25N3O3S/c1-5-15(4)22-18(25)12-23-17-8-9-28-19(17)20(26)24(21(23)27)11-16-7-6-13(2)14(3)10-16/h6-10,15H,5,11-12H2,1-4H3,(H,22,25). The molecule has 0 aliphatic heterocycles. The number of carbonyl (C=O) groups is 1. The third-order valence-electron chi connectivity index (χ3n) is 5.07. The fourth-order valence-corrected chi connectivity index (χ4v) is 3.92. The molecule has 1 aromatic carbocycles. The van der Waals surface area contributed by atoms with E-state index < -0.39 is 5.69 Å². The molecule has 0 saturated carbocycles. The number of hydrogen-bond donors (Lipinski definition) is 1. The highest BCUT2D eigenvalue weighted by molar-refractivity contribution is 7.17. The Morgan fingerprint density at radius 2 is 1.89 bits per heavy atom. The van der Waals surface area contributed by atoms with Crippen LogP contribution in [0.15, 0.2) is 39.2 Å². The SMILES string of the molecule is CCC(C)NC(=O)Cn1c(=O)n(Cc2ccc(C)c(C)c2)c(=O)c2sccc21. The second kappa shape index (κ2) is 8.14. The second-order valence-corrected chi connectivity index (χ2v) is 8.11. The summed E-state index contributed by atoms with van der Waals surface area (Å²) in [7, 11) is 0. The van der Waals surface area contributed by atoms with Crippen LogP contribution >= 0.6 is 11.3 Å². The number of aryl methyl sites for hydroxylation is 2. The Bertz CT molecular complexity index is 1140. The third kappa shape index (κ3) is 3.94. The molecule has 0 aliphatic rings. The van der Waals surface area contributed by atoms with Crippen molar-refractivity contribution < 1.29 is 4.79 Å². The van der Waals surface area contributed by atoms with Crippen LogP contribution in [0, 0.1) is 13.8 Å². The van der Waals surface area contributed by atoms with Gasteiger partial charge in [0.25, 0.3) is 5.56 Å². The fourth-order valence-electron chi connectivity index (χ4n) is 3.08. The first-order chi connectivity index (χ1) is 13.3. The van der Waals surface area contributed by atoms with Crippen molar-refractivity contribution in [2.75, 3.05) is 0 Å². The number of rotatable bonds is 6. The lowest BCUT2D eigenvalue weighted by molar-refractivity contribution is -0.122. The topological polar surface area (TPSA) is 73.1 Å². The minimum absolute atomic E-state index is 0.0302. The van der Waals surface area contributed by atoms with Gasteiger partial charge in [-0.15, -0.1) is 11.3 Å². The second-order valence-electron chi connectivity index (χ2n) is 7.19. The van der Waals surface area contributed by atoms with Crippen molar-refractivity contribution in [1.29, 1.82) is 0 Å². The molecule has 6 nitrogen and oxygen atoms in total. The molecule has 28 heavy (non-hydrogen) atoms. The van der Waals surface area contributed by atoms with Gasteiger partial charge in [0.05, 0.1) is 12.1 Å². The van der Waals surface area contributed by atoms with Gasteiger partial charge in [0.15, 0.2) is 0 Å². The first-order valence-electron chi connectivity index (χ1n) is 9.38. The third-order valence-corrected chi connectivity index (χ3v) is 5.96. The molecule has 0 saturated heterocycles. The van der Waals surface area contributed by atoms with Gasteiger partial charge in [-0.05, 0) is 55.3 Å². The van der Waals surface area contributed by atoms with Gasteiger partial charge in [0, 0.05) is 6.04 Å². The maximum absolute atomic E-state index is 13.1. The predicted molar refractivity (Wildman–Crippen MR) is 113 cm³/mol. The van der Waals surface area contributed by atoms with Gasteiger partial charge in [-0.25, -0.2) is 4.79 Å². The van der Waals surface area contributed by atoms with Gasteiger partial charge in [0.1, 0.15) is 11.2 Å². The molecule has 2 heterocycles. The maximum Gasteiger partial charge on any atom is 0.332 e. The molecule has 0 bridgehead atoms. The zero-order valence-corrected chi connectivity index (χ0v) is 17.4. The van der Waals surface area contributed by atoms with Gasteiger partial charge >= 0.3 is 5.69 Å². The van der Waals surface area contributed by atoms with Crippen LogP contribution in [0.1, 0.15) is 37.0 Å². The van der Waals surface area contributed by atoms with Crippen LogP contribution in [0.5, 0.6) is 0 Å². The molecule has 0 fully saturated rings. The summed E-state index contributed by atoms with van der Waals surface area (Å²) in [5, 5.41) is 4.65. The summed E-state index contributed by atoms with van der Waals surface area (Å²) in [5.41, 5.74) is 2.88. The van der Waals surface area contributed by atoms with Crippen molar-refractivity contribution in [2.45, 2.75) is 53.2 Å². The van der Waals surface area contributed by atoms with Crippen molar-refractivity contribution in [3.63, 3.8) is 0 Å². The normalized spacial score (nSPS) is 12.3. The molecule has 3 rings (SSSR count). The minimum atomic E-state index is -0.464. The molecule has 1 amide bonds. The van der Waals surface area contributed by atoms with E-state index in [0.717, 1.165) is 23.1 Å². The van der Waals surface area contributed by atoms with Crippen molar-refractivity contribution in [3.8, 4) is 0 Å². The van der Waals surface area contributed by atoms with Gasteiger partial charge in [-0.2, -0.15) is 0 Å². The lowest BCUT2D eigenvalue weighted by atomic mass is 10.1. The number of hydrogen-bond acceptors (Lipinski definition) is 4. The molecule has 1 N–H and O–H groups in total. The van der Waals surface area contributed by atoms with E-state index in [1.807, 2.05) is 45.9 Å². The summed E-state index contributed by atoms with van der Waals surface area (Å²) < 4.78 is 3.10. The van der Waals surface area contributed by atoms with Crippen LogP contribution in [0.3, 0.4) is 0 Å². The number of aromatic nitrogens is 2. The molecule has 3 aromatic rings. The van der Waals surface area contributed by atoms with Crippen LogP contribution in [0.4, 0.5) is 0 Å². The largest absolute Gasteiger partial charge is 0.352 e. The number of benzene rings is 1. The Labute approximate surface area is 167 Å². The Balaban J connectivity index is 2.06. The highest BCUT2D eigenvalue weighted by Crippen LogP contribution is 2.16. The van der Waals surface area contributed by atoms with Crippen LogP contribution < -0.4 is 16.6 Å². The van der Waals surface area contributed by atoms with Crippen molar-refractivity contribution in [3.05, 3.63) is 67.2 Å². The lowest BCUT2D eigenvalue weighted by Gasteiger charge is -2.15. The smallest absolute Gasteiger partial charge is 0.332 e. The molecule has 1 unspecified atom stereocenters. The fraction of sp³-hybridized carbons (Fsp3) is 0.381. The Morgan fingerprint density at radius 3 is 2.57 bits per heavy atom. The molecule has 7 heteroatoms. The molecule has 0 aliphatic carbocycles. The number of nitrogens with zero attached hydrogens (tertiary/aromatic N) is 2. The van der Waals surface area contributed by atoms with Crippen LogP contribution in [-0.4, -0.2) is 21.1 Å². The van der Waals surface area contributed by atoms with Crippen LogP contribution in [0.2, 0.25) is 0 Å². The Hall–Kier alpha value is -2.67. The van der Waals surface area contributed by atoms with Gasteiger partial charge < -0.3 is 5.32 Å². The molecule has 0 spiro atoms. The van der Waals surface area contributed by atoms with Gasteiger partial charge in [0.2, 0.25) is 5.91 Å². The number of amides is 1. The summed E-state index contributed by atoms with van der Waals surface area (Å²) in [5.74, 6) is -0.236. The first kappa shape index (κ1) is 20.1. The molecule has 0 radical (unpaired) electrons. The monoisotopic (exact) mass is 399 g/mol. The molecule has 148 valence electrons. The number of carbonyl (C=O) groups excluding carboxylic acids is 1. The van der Waals surface area contributed by atoms with E-state index in [-0.39, 0.29) is 30.6 Å². The zero-order valence-electron chi connectivity index (χ0n) is 16.6. The van der Waals surface area contributed by atoms with Crippen LogP contribution in [0.25, 0.3) is 10.2 Å². The highest BCUT2D eigenvalue weighted by Gasteiger charge is 2.17. The molecular weight excluding hydrogens is 374 g/mol. The first-order valence-corrected chi connectivity index (χ1v) is 10.3. The average molecular weight is 400 g/mol. The summed E-state index contributed by atoms with van der Waals surface area (Å²) in [6.07, 6.45) is 0.806. The molecule has 2 aromatic heterocycles. The van der Waals surface area contributed by atoms with E-state index in [2.05, 4.69) is 5.32 Å². The van der Waals surface area contributed by atoms with Crippen molar-refractivity contribution in [2.24, 2.45) is 0 Å². The maximum atomic E-state index is 13.1. The van der Waals surface area contributed by atoms with Crippen molar-refractivity contribution in [1.82, 2.24) is 14.5 Å². The number of nitrogens with one attached hydrogen (secondary N) is 1. The van der Waals surface area contributed by atoms with E-state index in [0.29, 0.717) is 10.2 Å². The van der Waals surface area contributed by atoms with Gasteiger partial charge in [-0.3, -0.25) is 18.7 Å². The Kier molecular flexibility index (Phi) is 5.84. The quantitative estimate of drug-likeness (QED) is 0.693. The van der Waals surface area contributed by atoms with E-state index >= 15 is 0 Å². The van der Waals surface area contributed by atoms with Crippen molar-refractivity contribution >= 4 is 27.5 Å².